The number of aromatic amines is 1. The van der Waals surface area contributed by atoms with E-state index in [1.807, 2.05) is 36.4 Å². The summed E-state index contributed by atoms with van der Waals surface area (Å²) in [5.41, 5.74) is 3.75. The smallest absolute Gasteiger partial charge is 0.257 e. The lowest BCUT2D eigenvalue weighted by Gasteiger charge is -2.11. The second-order valence-electron chi connectivity index (χ2n) is 5.50. The molecule has 24 heavy (non-hydrogen) atoms. The molecule has 0 spiro atoms. The first kappa shape index (κ1) is 14.3. The third-order valence-electron chi connectivity index (χ3n) is 3.95. The Morgan fingerprint density at radius 1 is 0.875 bits per heavy atom. The molecule has 0 saturated heterocycles. The van der Waals surface area contributed by atoms with Gasteiger partial charge >= 0.3 is 0 Å². The summed E-state index contributed by atoms with van der Waals surface area (Å²) in [7, 11) is 0. The molecule has 2 aromatic carbocycles. The van der Waals surface area contributed by atoms with E-state index >= 15 is 0 Å². The SMILES string of the molecule is O=c1[nH]ccc2nc(-c3ccccc3)c(-c3ccc(F)cc3)cc12. The van der Waals surface area contributed by atoms with Gasteiger partial charge in [0.2, 0.25) is 0 Å². The van der Waals surface area contributed by atoms with E-state index in [4.69, 9.17) is 4.98 Å². The maximum atomic E-state index is 13.3. The monoisotopic (exact) mass is 316 g/mol. The van der Waals surface area contributed by atoms with E-state index in [2.05, 4.69) is 4.98 Å². The quantitative estimate of drug-likeness (QED) is 0.596. The fourth-order valence-corrected chi connectivity index (χ4v) is 2.78. The number of benzene rings is 2. The largest absolute Gasteiger partial charge is 0.328 e. The Labute approximate surface area is 137 Å². The lowest BCUT2D eigenvalue weighted by atomic mass is 9.98. The van der Waals surface area contributed by atoms with Crippen LogP contribution in [0.25, 0.3) is 33.3 Å². The van der Waals surface area contributed by atoms with Gasteiger partial charge in [0.1, 0.15) is 5.82 Å². The Kier molecular flexibility index (Phi) is 3.43. The number of hydrogen-bond acceptors (Lipinski definition) is 2. The molecule has 0 aliphatic heterocycles. The molecule has 0 radical (unpaired) electrons. The highest BCUT2D eigenvalue weighted by molar-refractivity contribution is 5.91. The predicted octanol–water partition coefficient (Wildman–Crippen LogP) is 4.40. The molecule has 0 atom stereocenters. The molecule has 2 aromatic heterocycles. The molecule has 0 bridgehead atoms. The van der Waals surface area contributed by atoms with Gasteiger partial charge in [-0.25, -0.2) is 9.37 Å². The number of pyridine rings is 2. The van der Waals surface area contributed by atoms with E-state index in [1.165, 1.54) is 12.1 Å². The summed E-state index contributed by atoms with van der Waals surface area (Å²) in [5, 5.41) is 0.511. The third kappa shape index (κ3) is 2.48. The Morgan fingerprint density at radius 3 is 2.38 bits per heavy atom. The van der Waals surface area contributed by atoms with E-state index in [0.717, 1.165) is 22.4 Å². The van der Waals surface area contributed by atoms with Crippen LogP contribution in [0.1, 0.15) is 0 Å². The van der Waals surface area contributed by atoms with Gasteiger partial charge in [-0.2, -0.15) is 0 Å². The van der Waals surface area contributed by atoms with Gasteiger partial charge in [-0.3, -0.25) is 4.79 Å². The van der Waals surface area contributed by atoms with Gasteiger partial charge in [0, 0.05) is 17.3 Å². The van der Waals surface area contributed by atoms with Crippen molar-refractivity contribution in [3.63, 3.8) is 0 Å². The van der Waals surface area contributed by atoms with E-state index in [0.29, 0.717) is 10.9 Å². The number of nitrogens with zero attached hydrogens (tertiary/aromatic N) is 1. The van der Waals surface area contributed by atoms with Crippen LogP contribution in [-0.4, -0.2) is 9.97 Å². The van der Waals surface area contributed by atoms with Gasteiger partial charge in [0.15, 0.2) is 0 Å². The Hall–Kier alpha value is -3.27. The fraction of sp³-hybridized carbons (Fsp3) is 0. The van der Waals surface area contributed by atoms with Crippen LogP contribution in [0.4, 0.5) is 4.39 Å². The minimum Gasteiger partial charge on any atom is -0.328 e. The Balaban J connectivity index is 2.07. The second-order valence-corrected chi connectivity index (χ2v) is 5.50. The second kappa shape index (κ2) is 5.74. The van der Waals surface area contributed by atoms with Crippen molar-refractivity contribution >= 4 is 10.9 Å². The highest BCUT2D eigenvalue weighted by Gasteiger charge is 2.12. The molecule has 0 saturated carbocycles. The van der Waals surface area contributed by atoms with Gasteiger partial charge in [0.05, 0.1) is 16.6 Å². The number of rotatable bonds is 2. The highest BCUT2D eigenvalue weighted by atomic mass is 19.1. The molecule has 116 valence electrons. The fourth-order valence-electron chi connectivity index (χ4n) is 2.78. The maximum absolute atomic E-state index is 13.3. The van der Waals surface area contributed by atoms with Crippen molar-refractivity contribution in [3.05, 3.63) is 89.1 Å². The van der Waals surface area contributed by atoms with Gasteiger partial charge in [-0.15, -0.1) is 0 Å². The lowest BCUT2D eigenvalue weighted by Crippen LogP contribution is -2.06. The van der Waals surface area contributed by atoms with E-state index in [9.17, 15) is 9.18 Å². The Bertz CT molecular complexity index is 1070. The number of aromatic nitrogens is 2. The number of nitrogens with one attached hydrogen (secondary N) is 1. The molecule has 4 aromatic rings. The summed E-state index contributed by atoms with van der Waals surface area (Å²) in [6.07, 6.45) is 1.59. The number of H-pyrrole nitrogens is 1. The average molecular weight is 316 g/mol. The lowest BCUT2D eigenvalue weighted by molar-refractivity contribution is 0.628. The van der Waals surface area contributed by atoms with Crippen molar-refractivity contribution in [2.24, 2.45) is 0 Å². The average Bonchev–Trinajstić information content (AvgIpc) is 2.63. The van der Waals surface area contributed by atoms with Crippen molar-refractivity contribution in [2.75, 3.05) is 0 Å². The predicted molar refractivity (Wildman–Crippen MR) is 93.2 cm³/mol. The summed E-state index contributed by atoms with van der Waals surface area (Å²) in [5.74, 6) is -0.299. The van der Waals surface area contributed by atoms with Crippen molar-refractivity contribution < 1.29 is 4.39 Å². The normalized spacial score (nSPS) is 10.9. The van der Waals surface area contributed by atoms with Crippen LogP contribution in [-0.2, 0) is 0 Å². The summed E-state index contributed by atoms with van der Waals surface area (Å²) in [6.45, 7) is 0. The first-order chi connectivity index (χ1) is 11.7. The van der Waals surface area contributed by atoms with Crippen LogP contribution in [0, 0.1) is 5.82 Å². The molecule has 0 aliphatic carbocycles. The van der Waals surface area contributed by atoms with E-state index in [1.54, 1.807) is 24.4 Å². The zero-order valence-corrected chi connectivity index (χ0v) is 12.7. The summed E-state index contributed by atoms with van der Waals surface area (Å²) < 4.78 is 13.3. The van der Waals surface area contributed by atoms with Crippen LogP contribution >= 0.6 is 0 Å². The number of fused-ring (bicyclic) bond motifs is 1. The summed E-state index contributed by atoms with van der Waals surface area (Å²) in [4.78, 5) is 19.5. The molecule has 1 N–H and O–H groups in total. The van der Waals surface area contributed by atoms with Crippen LogP contribution in [0.15, 0.2) is 77.7 Å². The summed E-state index contributed by atoms with van der Waals surface area (Å²) >= 11 is 0. The van der Waals surface area contributed by atoms with E-state index in [-0.39, 0.29) is 11.4 Å². The molecule has 0 aliphatic rings. The molecule has 4 rings (SSSR count). The van der Waals surface area contributed by atoms with Crippen LogP contribution in [0.3, 0.4) is 0 Å². The summed E-state index contributed by atoms with van der Waals surface area (Å²) in [6, 6.07) is 19.5. The van der Waals surface area contributed by atoms with Crippen molar-refractivity contribution in [1.29, 1.82) is 0 Å². The van der Waals surface area contributed by atoms with Crippen LogP contribution in [0.5, 0.6) is 0 Å². The van der Waals surface area contributed by atoms with Crippen molar-refractivity contribution in [3.8, 4) is 22.4 Å². The van der Waals surface area contributed by atoms with Gasteiger partial charge < -0.3 is 4.98 Å². The molecule has 0 unspecified atom stereocenters. The first-order valence-corrected chi connectivity index (χ1v) is 7.56. The molecule has 4 heteroatoms. The third-order valence-corrected chi connectivity index (χ3v) is 3.95. The highest BCUT2D eigenvalue weighted by Crippen LogP contribution is 2.32. The van der Waals surface area contributed by atoms with Crippen LogP contribution < -0.4 is 5.56 Å². The minimum atomic E-state index is -0.299. The van der Waals surface area contributed by atoms with Crippen molar-refractivity contribution in [2.45, 2.75) is 0 Å². The molecular weight excluding hydrogens is 303 g/mol. The maximum Gasteiger partial charge on any atom is 0.257 e. The molecule has 2 heterocycles. The van der Waals surface area contributed by atoms with Gasteiger partial charge in [0.25, 0.3) is 5.56 Å². The van der Waals surface area contributed by atoms with Crippen molar-refractivity contribution in [1.82, 2.24) is 9.97 Å². The number of halogens is 1. The minimum absolute atomic E-state index is 0.192. The Morgan fingerprint density at radius 2 is 1.62 bits per heavy atom. The topological polar surface area (TPSA) is 45.8 Å². The first-order valence-electron chi connectivity index (χ1n) is 7.56. The van der Waals surface area contributed by atoms with E-state index < -0.39 is 0 Å². The standard InChI is InChI=1S/C20H13FN2O/c21-15-8-6-13(7-9-15)16-12-17-18(10-11-22-20(17)24)23-19(16)14-4-2-1-3-5-14/h1-12H,(H,22,24). The zero-order valence-electron chi connectivity index (χ0n) is 12.7. The molecule has 0 fully saturated rings. The van der Waals surface area contributed by atoms with Gasteiger partial charge in [-0.1, -0.05) is 42.5 Å². The molecule has 3 nitrogen and oxygen atoms in total. The molecule has 0 amide bonds. The van der Waals surface area contributed by atoms with Gasteiger partial charge in [-0.05, 0) is 29.8 Å². The van der Waals surface area contributed by atoms with Crippen LogP contribution in [0.2, 0.25) is 0 Å². The molecular formula is C20H13FN2O. The number of hydrogen-bond donors (Lipinski definition) is 1. The zero-order chi connectivity index (χ0) is 16.5.